The molecule has 1 aliphatic rings. The van der Waals surface area contributed by atoms with Gasteiger partial charge in [-0.1, -0.05) is 72.3 Å². The molecule has 6 heteroatoms. The minimum absolute atomic E-state index is 0.0509. The van der Waals surface area contributed by atoms with E-state index in [0.717, 1.165) is 74.3 Å². The van der Waals surface area contributed by atoms with E-state index in [0.29, 0.717) is 12.1 Å². The molecule has 1 aliphatic heterocycles. The first kappa shape index (κ1) is 29.9. The van der Waals surface area contributed by atoms with E-state index in [1.807, 2.05) is 44.3 Å². The second-order valence-electron chi connectivity index (χ2n) is 11.9. The topological polar surface area (TPSA) is 49.7 Å². The molecule has 0 aliphatic carbocycles. The molecule has 0 saturated carbocycles. The van der Waals surface area contributed by atoms with E-state index in [4.69, 9.17) is 4.74 Å². The second kappa shape index (κ2) is 14.5. The van der Waals surface area contributed by atoms with Crippen molar-refractivity contribution in [2.75, 3.05) is 39.3 Å². The summed E-state index contributed by atoms with van der Waals surface area (Å²) in [7, 11) is 0. The van der Waals surface area contributed by atoms with Crippen LogP contribution in [0.2, 0.25) is 0 Å². The molecule has 0 atom stereocenters. The summed E-state index contributed by atoms with van der Waals surface area (Å²) >= 11 is 0. The van der Waals surface area contributed by atoms with Crippen molar-refractivity contribution in [3.05, 3.63) is 101 Å². The third-order valence-electron chi connectivity index (χ3n) is 8.12. The number of aromatic nitrogens is 1. The average Bonchev–Trinajstić information content (AvgIpc) is 3.21. The number of ether oxygens (including phenoxy) is 1. The van der Waals surface area contributed by atoms with Crippen LogP contribution in [-0.4, -0.2) is 65.6 Å². The minimum atomic E-state index is -0.0509. The third kappa shape index (κ3) is 8.02. The lowest BCUT2D eigenvalue weighted by Gasteiger charge is -2.22. The number of hydrogen-bond acceptors (Lipinski definition) is 4. The van der Waals surface area contributed by atoms with Crippen LogP contribution in [0.5, 0.6) is 5.75 Å². The number of nitrogens with one attached hydrogen (secondary N) is 1. The van der Waals surface area contributed by atoms with E-state index in [-0.39, 0.29) is 12.0 Å². The molecule has 2 heterocycles. The molecular formula is C36H46N4O2. The molecule has 4 aromatic rings. The van der Waals surface area contributed by atoms with Crippen LogP contribution in [-0.2, 0) is 19.5 Å². The van der Waals surface area contributed by atoms with Gasteiger partial charge in [0.1, 0.15) is 5.75 Å². The number of fused-ring (bicyclic) bond motifs is 1. The van der Waals surface area contributed by atoms with Gasteiger partial charge in [-0.15, -0.1) is 0 Å². The number of carbonyl (C=O) groups excluding carboxylic acids is 1. The Bertz CT molecular complexity index is 1450. The summed E-state index contributed by atoms with van der Waals surface area (Å²) in [4.78, 5) is 18.6. The summed E-state index contributed by atoms with van der Waals surface area (Å²) in [6, 6.07) is 25.1. The van der Waals surface area contributed by atoms with Gasteiger partial charge in [-0.25, -0.2) is 0 Å². The summed E-state index contributed by atoms with van der Waals surface area (Å²) in [5, 5.41) is 4.09. The smallest absolute Gasteiger partial charge is 0.253 e. The van der Waals surface area contributed by atoms with Crippen molar-refractivity contribution in [3.63, 3.8) is 0 Å². The Hall–Kier alpha value is -3.61. The monoisotopic (exact) mass is 566 g/mol. The van der Waals surface area contributed by atoms with E-state index in [1.165, 1.54) is 24.1 Å². The van der Waals surface area contributed by atoms with Crippen molar-refractivity contribution in [2.45, 2.75) is 59.2 Å². The molecular weight excluding hydrogens is 520 g/mol. The lowest BCUT2D eigenvalue weighted by atomic mass is 10.1. The Morgan fingerprint density at radius 3 is 2.36 bits per heavy atom. The molecule has 1 N–H and O–H groups in total. The molecule has 1 fully saturated rings. The summed E-state index contributed by atoms with van der Waals surface area (Å²) < 4.78 is 8.45. The highest BCUT2D eigenvalue weighted by Crippen LogP contribution is 2.31. The van der Waals surface area contributed by atoms with Crippen molar-refractivity contribution >= 4 is 16.8 Å². The minimum Gasteiger partial charge on any atom is -0.489 e. The molecule has 222 valence electrons. The SMILES string of the molecule is Cc1cccc(CNC(=O)c2cn(CCCN3CCCN(CCc4ccccc4)CC3)c3c(OC(C)C)cccc23)c1. The van der Waals surface area contributed by atoms with Gasteiger partial charge < -0.3 is 24.4 Å². The lowest BCUT2D eigenvalue weighted by Crippen LogP contribution is -2.32. The highest BCUT2D eigenvalue weighted by molar-refractivity contribution is 6.08. The van der Waals surface area contributed by atoms with Crippen LogP contribution in [0.1, 0.15) is 53.7 Å². The molecule has 1 amide bonds. The summed E-state index contributed by atoms with van der Waals surface area (Å²) in [6.45, 7) is 14.2. The van der Waals surface area contributed by atoms with E-state index in [9.17, 15) is 4.79 Å². The Balaban J connectivity index is 1.22. The maximum atomic E-state index is 13.4. The van der Waals surface area contributed by atoms with E-state index in [1.54, 1.807) is 0 Å². The molecule has 0 bridgehead atoms. The average molecular weight is 567 g/mol. The summed E-state index contributed by atoms with van der Waals surface area (Å²) in [5.41, 5.74) is 5.43. The van der Waals surface area contributed by atoms with Crippen LogP contribution in [0.3, 0.4) is 0 Å². The predicted octanol–water partition coefficient (Wildman–Crippen LogP) is 6.31. The molecule has 0 unspecified atom stereocenters. The number of hydrogen-bond donors (Lipinski definition) is 1. The number of amides is 1. The number of para-hydroxylation sites is 1. The van der Waals surface area contributed by atoms with E-state index < -0.39 is 0 Å². The van der Waals surface area contributed by atoms with Gasteiger partial charge in [0, 0.05) is 44.3 Å². The molecule has 6 nitrogen and oxygen atoms in total. The zero-order valence-electron chi connectivity index (χ0n) is 25.5. The largest absolute Gasteiger partial charge is 0.489 e. The van der Waals surface area contributed by atoms with Crippen molar-refractivity contribution in [1.82, 2.24) is 19.7 Å². The highest BCUT2D eigenvalue weighted by atomic mass is 16.5. The molecule has 5 rings (SSSR count). The van der Waals surface area contributed by atoms with E-state index in [2.05, 4.69) is 75.1 Å². The lowest BCUT2D eigenvalue weighted by molar-refractivity contribution is 0.0952. The molecule has 1 aromatic heterocycles. The number of carbonyl (C=O) groups is 1. The number of benzene rings is 3. The maximum Gasteiger partial charge on any atom is 0.253 e. The van der Waals surface area contributed by atoms with Crippen molar-refractivity contribution in [3.8, 4) is 5.75 Å². The van der Waals surface area contributed by atoms with Crippen LogP contribution in [0.4, 0.5) is 0 Å². The first-order valence-electron chi connectivity index (χ1n) is 15.6. The normalized spacial score (nSPS) is 14.8. The fourth-order valence-corrected chi connectivity index (χ4v) is 6.00. The number of rotatable bonds is 12. The molecule has 0 radical (unpaired) electrons. The van der Waals surface area contributed by atoms with Gasteiger partial charge >= 0.3 is 0 Å². The van der Waals surface area contributed by atoms with Gasteiger partial charge in [0.15, 0.2) is 0 Å². The van der Waals surface area contributed by atoms with Gasteiger partial charge in [-0.2, -0.15) is 0 Å². The zero-order valence-corrected chi connectivity index (χ0v) is 25.5. The van der Waals surface area contributed by atoms with E-state index >= 15 is 0 Å². The zero-order chi connectivity index (χ0) is 29.3. The van der Waals surface area contributed by atoms with Crippen molar-refractivity contribution in [1.29, 1.82) is 0 Å². The van der Waals surface area contributed by atoms with Crippen LogP contribution in [0.25, 0.3) is 10.9 Å². The van der Waals surface area contributed by atoms with Gasteiger partial charge in [-0.05, 0) is 76.9 Å². The molecule has 1 saturated heterocycles. The highest BCUT2D eigenvalue weighted by Gasteiger charge is 2.20. The van der Waals surface area contributed by atoms with Crippen LogP contribution < -0.4 is 10.1 Å². The van der Waals surface area contributed by atoms with Gasteiger partial charge in [-0.3, -0.25) is 4.79 Å². The van der Waals surface area contributed by atoms with Crippen LogP contribution >= 0.6 is 0 Å². The van der Waals surface area contributed by atoms with Gasteiger partial charge in [0.05, 0.1) is 17.2 Å². The van der Waals surface area contributed by atoms with Crippen molar-refractivity contribution < 1.29 is 9.53 Å². The Kier molecular flexibility index (Phi) is 10.3. The second-order valence-corrected chi connectivity index (χ2v) is 11.9. The number of aryl methyl sites for hydroxylation is 2. The first-order chi connectivity index (χ1) is 20.5. The first-order valence-corrected chi connectivity index (χ1v) is 15.6. The maximum absolute atomic E-state index is 13.4. The van der Waals surface area contributed by atoms with Crippen molar-refractivity contribution in [2.24, 2.45) is 0 Å². The van der Waals surface area contributed by atoms with Crippen LogP contribution in [0.15, 0.2) is 79.0 Å². The number of nitrogens with zero attached hydrogens (tertiary/aromatic N) is 3. The van der Waals surface area contributed by atoms with Crippen LogP contribution in [0, 0.1) is 6.92 Å². The Morgan fingerprint density at radius 1 is 0.857 bits per heavy atom. The third-order valence-corrected chi connectivity index (χ3v) is 8.12. The Labute approximate surface area is 251 Å². The molecule has 0 spiro atoms. The predicted molar refractivity (Wildman–Crippen MR) is 172 cm³/mol. The van der Waals surface area contributed by atoms with Gasteiger partial charge in [0.25, 0.3) is 5.91 Å². The molecule has 3 aromatic carbocycles. The fourth-order valence-electron chi connectivity index (χ4n) is 6.00. The summed E-state index contributed by atoms with van der Waals surface area (Å²) in [6.07, 6.45) is 5.42. The molecule has 42 heavy (non-hydrogen) atoms. The standard InChI is InChI=1S/C36H46N4O2/c1-28(2)42-34-16-8-15-32-33(36(41)37-26-31-14-7-11-29(3)25-31)27-40(35(32)34)21-10-20-38-18-9-19-39(24-23-38)22-17-30-12-5-4-6-13-30/h4-8,11-16,25,27-28H,9-10,17-24,26H2,1-3H3,(H,37,41). The fraction of sp³-hybridized carbons (Fsp3) is 0.417. The Morgan fingerprint density at radius 2 is 1.60 bits per heavy atom. The quantitative estimate of drug-likeness (QED) is 0.218. The summed E-state index contributed by atoms with van der Waals surface area (Å²) in [5.74, 6) is 0.786. The van der Waals surface area contributed by atoms with Gasteiger partial charge in [0.2, 0.25) is 0 Å².